The Bertz CT molecular complexity index is 1190. The molecule has 2 aliphatic heterocycles. The highest BCUT2D eigenvalue weighted by Crippen LogP contribution is 2.36. The molecular weight excluding hydrogens is 480 g/mol. The lowest BCUT2D eigenvalue weighted by Crippen LogP contribution is -2.43. The summed E-state index contributed by atoms with van der Waals surface area (Å²) >= 11 is 0. The first kappa shape index (κ1) is 27.4. The summed E-state index contributed by atoms with van der Waals surface area (Å²) in [6, 6.07) is 9.07. The van der Waals surface area contributed by atoms with Gasteiger partial charge in [-0.1, -0.05) is 30.9 Å². The molecule has 2 saturated heterocycles. The fourth-order valence-electron chi connectivity index (χ4n) is 5.97. The number of piperidine rings is 1. The number of rotatable bonds is 9. The first-order chi connectivity index (χ1) is 19.2. The third-order valence-electron chi connectivity index (χ3n) is 8.45. The highest BCUT2D eigenvalue weighted by molar-refractivity contribution is 5.80. The summed E-state index contributed by atoms with van der Waals surface area (Å²) in [5.41, 5.74) is 9.00. The van der Waals surface area contributed by atoms with Crippen LogP contribution in [0.25, 0.3) is 5.57 Å². The maximum atomic E-state index is 4.85. The zero-order chi connectivity index (χ0) is 27.0. The molecule has 6 nitrogen and oxygen atoms in total. The summed E-state index contributed by atoms with van der Waals surface area (Å²) in [7, 11) is 0. The van der Waals surface area contributed by atoms with Crippen molar-refractivity contribution in [3.05, 3.63) is 95.1 Å². The zero-order valence-corrected chi connectivity index (χ0v) is 23.8. The van der Waals surface area contributed by atoms with Gasteiger partial charge in [0.05, 0.1) is 0 Å². The van der Waals surface area contributed by atoms with Crippen molar-refractivity contribution in [2.75, 3.05) is 44.2 Å². The monoisotopic (exact) mass is 524 g/mol. The number of pyridine rings is 2. The predicted molar refractivity (Wildman–Crippen MR) is 162 cm³/mol. The zero-order valence-electron chi connectivity index (χ0n) is 23.8. The summed E-state index contributed by atoms with van der Waals surface area (Å²) in [5, 5.41) is 7.42. The minimum absolute atomic E-state index is 0.450. The Hall–Kier alpha value is -3.22. The summed E-state index contributed by atoms with van der Waals surface area (Å²) in [5.74, 6) is 1.10. The van der Waals surface area contributed by atoms with Crippen LogP contribution in [0.2, 0.25) is 0 Å². The van der Waals surface area contributed by atoms with Crippen molar-refractivity contribution in [1.82, 2.24) is 25.5 Å². The molecule has 2 aromatic heterocycles. The maximum Gasteiger partial charge on any atom is 0.128 e. The van der Waals surface area contributed by atoms with Gasteiger partial charge in [0, 0.05) is 81.7 Å². The number of aromatic nitrogens is 2. The van der Waals surface area contributed by atoms with Gasteiger partial charge in [-0.05, 0) is 85.9 Å². The van der Waals surface area contributed by atoms with Crippen LogP contribution in [0.3, 0.4) is 0 Å². The smallest absolute Gasteiger partial charge is 0.128 e. The van der Waals surface area contributed by atoms with Crippen LogP contribution in [0.1, 0.15) is 57.1 Å². The van der Waals surface area contributed by atoms with Crippen molar-refractivity contribution in [1.29, 1.82) is 0 Å². The fraction of sp³-hybridized carbons (Fsp3) is 0.455. The number of nitrogens with zero attached hydrogens (tertiary/aromatic N) is 4. The Balaban J connectivity index is 1.24. The van der Waals surface area contributed by atoms with E-state index in [-0.39, 0.29) is 0 Å². The molecule has 3 aliphatic rings. The van der Waals surface area contributed by atoms with E-state index in [0.717, 1.165) is 70.0 Å². The van der Waals surface area contributed by atoms with Crippen LogP contribution >= 0.6 is 0 Å². The second-order valence-electron chi connectivity index (χ2n) is 11.0. The lowest BCUT2D eigenvalue weighted by Gasteiger charge is -2.36. The minimum atomic E-state index is 0.450. The van der Waals surface area contributed by atoms with Crippen LogP contribution in [-0.2, 0) is 6.54 Å². The second-order valence-corrected chi connectivity index (χ2v) is 11.0. The van der Waals surface area contributed by atoms with E-state index in [0.29, 0.717) is 6.04 Å². The largest absolute Gasteiger partial charge is 0.382 e. The first-order valence-corrected chi connectivity index (χ1v) is 14.7. The Labute approximate surface area is 234 Å². The van der Waals surface area contributed by atoms with E-state index in [4.69, 9.17) is 4.98 Å². The highest BCUT2D eigenvalue weighted by atomic mass is 15.2. The number of anilines is 1. The lowest BCUT2D eigenvalue weighted by molar-refractivity contribution is 0.233. The summed E-state index contributed by atoms with van der Waals surface area (Å²) < 4.78 is 0. The Morgan fingerprint density at radius 1 is 1.10 bits per heavy atom. The molecule has 6 heteroatoms. The molecule has 0 aromatic carbocycles. The van der Waals surface area contributed by atoms with E-state index in [1.807, 2.05) is 24.5 Å². The molecule has 206 valence electrons. The topological polar surface area (TPSA) is 56.3 Å². The van der Waals surface area contributed by atoms with Crippen molar-refractivity contribution in [3.63, 3.8) is 0 Å². The summed E-state index contributed by atoms with van der Waals surface area (Å²) in [4.78, 5) is 14.1. The van der Waals surface area contributed by atoms with E-state index in [2.05, 4.69) is 76.3 Å². The third kappa shape index (κ3) is 6.68. The molecule has 5 rings (SSSR count). The van der Waals surface area contributed by atoms with Crippen molar-refractivity contribution in [3.8, 4) is 0 Å². The number of piperazine rings is 1. The van der Waals surface area contributed by atoms with Crippen molar-refractivity contribution >= 4 is 11.4 Å². The molecule has 2 N–H and O–H groups in total. The molecule has 0 bridgehead atoms. The number of hydrogen-bond donors (Lipinski definition) is 2. The van der Waals surface area contributed by atoms with Crippen LogP contribution in [0, 0.1) is 0 Å². The average molecular weight is 525 g/mol. The van der Waals surface area contributed by atoms with Crippen molar-refractivity contribution in [2.24, 2.45) is 0 Å². The van der Waals surface area contributed by atoms with Gasteiger partial charge in [0.2, 0.25) is 0 Å². The van der Waals surface area contributed by atoms with Gasteiger partial charge in [0.25, 0.3) is 0 Å². The van der Waals surface area contributed by atoms with Crippen LogP contribution in [0.5, 0.6) is 0 Å². The van der Waals surface area contributed by atoms with Gasteiger partial charge >= 0.3 is 0 Å². The van der Waals surface area contributed by atoms with Gasteiger partial charge < -0.3 is 15.5 Å². The molecule has 1 saturated carbocycles. The molecule has 0 spiro atoms. The molecule has 0 amide bonds. The van der Waals surface area contributed by atoms with E-state index in [1.54, 1.807) is 0 Å². The Morgan fingerprint density at radius 3 is 2.49 bits per heavy atom. The quantitative estimate of drug-likeness (QED) is 0.424. The number of nitrogens with one attached hydrogen (secondary N) is 2. The Kier molecular flexibility index (Phi) is 9.27. The molecule has 39 heavy (non-hydrogen) atoms. The molecule has 0 atom stereocenters. The molecule has 4 heterocycles. The van der Waals surface area contributed by atoms with Gasteiger partial charge in [-0.15, -0.1) is 0 Å². The molecule has 0 unspecified atom stereocenters. The number of hydrogen-bond acceptors (Lipinski definition) is 6. The van der Waals surface area contributed by atoms with Crippen LogP contribution in [-0.4, -0.2) is 60.2 Å². The maximum absolute atomic E-state index is 4.85. The summed E-state index contributed by atoms with van der Waals surface area (Å²) in [6.07, 6.45) is 15.9. The van der Waals surface area contributed by atoms with Crippen molar-refractivity contribution < 1.29 is 0 Å². The molecular formula is C33H44N6. The van der Waals surface area contributed by atoms with Gasteiger partial charge in [-0.25, -0.2) is 4.98 Å². The lowest BCUT2D eigenvalue weighted by atomic mass is 9.85. The third-order valence-corrected chi connectivity index (χ3v) is 8.45. The molecule has 1 aliphatic carbocycles. The summed E-state index contributed by atoms with van der Waals surface area (Å²) in [6.45, 7) is 16.0. The predicted octanol–water partition coefficient (Wildman–Crippen LogP) is 5.48. The van der Waals surface area contributed by atoms with Crippen molar-refractivity contribution in [2.45, 2.75) is 58.5 Å². The van der Waals surface area contributed by atoms with Gasteiger partial charge in [0.15, 0.2) is 0 Å². The van der Waals surface area contributed by atoms with Crippen LogP contribution < -0.4 is 15.5 Å². The number of allylic oxidation sites excluding steroid dienone is 5. The molecule has 0 radical (unpaired) electrons. The van der Waals surface area contributed by atoms with E-state index < -0.39 is 0 Å². The van der Waals surface area contributed by atoms with Gasteiger partial charge in [-0.2, -0.15) is 0 Å². The Morgan fingerprint density at radius 2 is 1.90 bits per heavy atom. The average Bonchev–Trinajstić information content (AvgIpc) is 2.95. The highest BCUT2D eigenvalue weighted by Gasteiger charge is 2.25. The SMILES string of the molecule is C=C/C(C(NC1CCN(c2ccc(CN3CCNCC3)cn2)CC1)=C1CCC1)=C(C)\C(=C/C)c1cccnc1. The standard InChI is InChI=1S/C33H44N6/c1-4-30(28-10-7-15-35-23-28)25(3)31(5-2)33(27-8-6-9-27)37-29-13-18-39(19-14-29)32-12-11-26(22-36-32)24-38-20-16-34-17-21-38/h4-5,7,10-12,15,22-23,29,34,37H,2,6,8-9,13-14,16-21,24H2,1,3H3/b30-4+,31-25+. The minimum Gasteiger partial charge on any atom is -0.382 e. The van der Waals surface area contributed by atoms with Gasteiger partial charge in [-0.3, -0.25) is 9.88 Å². The normalized spacial score (nSPS) is 19.8. The van der Waals surface area contributed by atoms with E-state index in [9.17, 15) is 0 Å². The molecule has 3 fully saturated rings. The van der Waals surface area contributed by atoms with Gasteiger partial charge in [0.1, 0.15) is 5.82 Å². The molecule has 2 aromatic rings. The first-order valence-electron chi connectivity index (χ1n) is 14.7. The van der Waals surface area contributed by atoms with Crippen LogP contribution in [0.4, 0.5) is 5.82 Å². The van der Waals surface area contributed by atoms with E-state index in [1.165, 1.54) is 52.8 Å². The second kappa shape index (κ2) is 13.2. The van der Waals surface area contributed by atoms with E-state index >= 15 is 0 Å². The fourth-order valence-corrected chi connectivity index (χ4v) is 5.97. The van der Waals surface area contributed by atoms with Crippen LogP contribution in [0.15, 0.2) is 84.0 Å².